The van der Waals surface area contributed by atoms with E-state index in [0.717, 1.165) is 48.1 Å². The Morgan fingerprint density at radius 3 is 2.50 bits per heavy atom. The normalized spacial score (nSPS) is 16.0. The molecule has 1 aliphatic rings. The van der Waals surface area contributed by atoms with E-state index in [9.17, 15) is 26.8 Å². The monoisotopic (exact) mass is 467 g/mol. The highest BCUT2D eigenvalue weighted by molar-refractivity contribution is 7.89. The van der Waals surface area contributed by atoms with Crippen molar-refractivity contribution < 1.29 is 31.5 Å². The average molecular weight is 467 g/mol. The predicted molar refractivity (Wildman–Crippen MR) is 112 cm³/mol. The summed E-state index contributed by atoms with van der Waals surface area (Å²) in [6.07, 6.45) is 1.63. The summed E-state index contributed by atoms with van der Waals surface area (Å²) in [6, 6.07) is 9.14. The van der Waals surface area contributed by atoms with Gasteiger partial charge in [-0.1, -0.05) is 6.07 Å². The van der Waals surface area contributed by atoms with Gasteiger partial charge >= 0.3 is 0 Å². The maximum Gasteiger partial charge on any atom is 0.242 e. The summed E-state index contributed by atoms with van der Waals surface area (Å²) in [5, 5.41) is 2.67. The topological polar surface area (TPSA) is 105 Å². The number of anilines is 1. The Bertz CT molecular complexity index is 1060. The minimum absolute atomic E-state index is 0.0974. The highest BCUT2D eigenvalue weighted by Crippen LogP contribution is 2.16. The molecule has 8 nitrogen and oxygen atoms in total. The average Bonchev–Trinajstić information content (AvgIpc) is 3.28. The zero-order chi connectivity index (χ0) is 23.1. The molecule has 1 fully saturated rings. The largest absolute Gasteiger partial charge is 0.376 e. The van der Waals surface area contributed by atoms with Gasteiger partial charge in [0.25, 0.3) is 0 Å². The molecular weight excluding hydrogens is 444 g/mol. The van der Waals surface area contributed by atoms with Crippen LogP contribution in [0.4, 0.5) is 14.5 Å². The molecular formula is C21H23F2N3O5S. The maximum absolute atomic E-state index is 13.7. The number of hydrogen-bond donors (Lipinski definition) is 2. The van der Waals surface area contributed by atoms with Gasteiger partial charge in [0.05, 0.1) is 17.5 Å². The van der Waals surface area contributed by atoms with Gasteiger partial charge in [-0.05, 0) is 55.3 Å². The quantitative estimate of drug-likeness (QED) is 0.583. The van der Waals surface area contributed by atoms with Crippen molar-refractivity contribution in [2.45, 2.75) is 23.8 Å². The van der Waals surface area contributed by atoms with Crippen molar-refractivity contribution in [3.05, 3.63) is 60.2 Å². The Morgan fingerprint density at radius 1 is 1.09 bits per heavy atom. The molecule has 0 saturated carbocycles. The highest BCUT2D eigenvalue weighted by atomic mass is 32.2. The van der Waals surface area contributed by atoms with Crippen LogP contribution in [0.1, 0.15) is 12.8 Å². The molecule has 3 rings (SSSR count). The number of carbonyl (C=O) groups excluding carboxylic acids is 2. The van der Waals surface area contributed by atoms with E-state index in [1.165, 1.54) is 18.2 Å². The smallest absolute Gasteiger partial charge is 0.242 e. The number of halogens is 2. The van der Waals surface area contributed by atoms with Crippen LogP contribution in [0.3, 0.4) is 0 Å². The molecule has 2 aromatic carbocycles. The first-order valence-electron chi connectivity index (χ1n) is 9.94. The van der Waals surface area contributed by atoms with Gasteiger partial charge in [-0.15, -0.1) is 0 Å². The van der Waals surface area contributed by atoms with Gasteiger partial charge < -0.3 is 15.0 Å². The molecule has 11 heteroatoms. The van der Waals surface area contributed by atoms with Crippen LogP contribution in [-0.2, 0) is 24.3 Å². The number of hydrogen-bond acceptors (Lipinski definition) is 5. The number of amides is 2. The summed E-state index contributed by atoms with van der Waals surface area (Å²) < 4.78 is 59.1. The van der Waals surface area contributed by atoms with Gasteiger partial charge in [-0.25, -0.2) is 21.9 Å². The van der Waals surface area contributed by atoms with Gasteiger partial charge in [-0.3, -0.25) is 9.59 Å². The van der Waals surface area contributed by atoms with E-state index in [0.29, 0.717) is 6.61 Å². The van der Waals surface area contributed by atoms with Crippen LogP contribution < -0.4 is 14.9 Å². The molecule has 0 aliphatic carbocycles. The molecule has 172 valence electrons. The first-order chi connectivity index (χ1) is 15.2. The lowest BCUT2D eigenvalue weighted by Crippen LogP contribution is -2.46. The van der Waals surface area contributed by atoms with Gasteiger partial charge in [0.1, 0.15) is 18.2 Å². The first-order valence-corrected chi connectivity index (χ1v) is 11.4. The zero-order valence-corrected chi connectivity index (χ0v) is 17.9. The van der Waals surface area contributed by atoms with E-state index in [4.69, 9.17) is 4.74 Å². The van der Waals surface area contributed by atoms with E-state index in [2.05, 4.69) is 10.0 Å². The lowest BCUT2D eigenvalue weighted by Gasteiger charge is -2.23. The molecule has 0 aromatic heterocycles. The molecule has 1 atom stereocenters. The zero-order valence-electron chi connectivity index (χ0n) is 17.1. The molecule has 1 heterocycles. The second-order valence-electron chi connectivity index (χ2n) is 7.18. The third-order valence-electron chi connectivity index (χ3n) is 4.81. The first kappa shape index (κ1) is 23.8. The molecule has 1 aliphatic heterocycles. The standard InChI is InChI=1S/C21H23F2N3O5S/c22-15-6-8-19(9-7-15)32(29,30)25-13-21(28)26(17-4-1-3-16(23)11-17)14-20(27)24-12-18-5-2-10-31-18/h1,3-4,6-9,11,18,25H,2,5,10,12-14H2,(H,24,27)/t18-/m1/s1. The van der Waals surface area contributed by atoms with Crippen LogP contribution in [0.25, 0.3) is 0 Å². The molecule has 0 spiro atoms. The summed E-state index contributed by atoms with van der Waals surface area (Å²) in [7, 11) is -4.10. The van der Waals surface area contributed by atoms with Gasteiger partial charge in [0.15, 0.2) is 0 Å². The molecule has 2 aromatic rings. The number of ether oxygens (including phenoxy) is 1. The van der Waals surface area contributed by atoms with Crippen molar-refractivity contribution in [3.8, 4) is 0 Å². The predicted octanol–water partition coefficient (Wildman–Crippen LogP) is 1.57. The summed E-state index contributed by atoms with van der Waals surface area (Å²) in [4.78, 5) is 26.0. The fraction of sp³-hybridized carbons (Fsp3) is 0.333. The van der Waals surface area contributed by atoms with Crippen molar-refractivity contribution in [2.24, 2.45) is 0 Å². The molecule has 2 amide bonds. The summed E-state index contributed by atoms with van der Waals surface area (Å²) in [6.45, 7) is -0.216. The van der Waals surface area contributed by atoms with Gasteiger partial charge in [-0.2, -0.15) is 0 Å². The molecule has 32 heavy (non-hydrogen) atoms. The molecule has 2 N–H and O–H groups in total. The second kappa shape index (κ2) is 10.6. The summed E-state index contributed by atoms with van der Waals surface area (Å²) in [5.41, 5.74) is 0.100. The van der Waals surface area contributed by atoms with Crippen LogP contribution >= 0.6 is 0 Å². The van der Waals surface area contributed by atoms with E-state index in [-0.39, 0.29) is 23.2 Å². The van der Waals surface area contributed by atoms with E-state index in [1.54, 1.807) is 0 Å². The number of nitrogens with zero attached hydrogens (tertiary/aromatic N) is 1. The van der Waals surface area contributed by atoms with E-state index >= 15 is 0 Å². The van der Waals surface area contributed by atoms with Crippen LogP contribution in [0.15, 0.2) is 53.4 Å². The SMILES string of the molecule is O=C(CN(C(=O)CNS(=O)(=O)c1ccc(F)cc1)c1cccc(F)c1)NC[C@H]1CCCO1. The minimum atomic E-state index is -4.10. The van der Waals surface area contributed by atoms with Crippen molar-refractivity contribution in [2.75, 3.05) is 31.1 Å². The Balaban J connectivity index is 1.68. The number of benzene rings is 2. The van der Waals surface area contributed by atoms with Crippen molar-refractivity contribution in [1.82, 2.24) is 10.0 Å². The maximum atomic E-state index is 13.7. The van der Waals surface area contributed by atoms with Crippen LogP contribution in [0.5, 0.6) is 0 Å². The summed E-state index contributed by atoms with van der Waals surface area (Å²) in [5.74, 6) is -2.49. The van der Waals surface area contributed by atoms with Crippen molar-refractivity contribution >= 4 is 27.5 Å². The van der Waals surface area contributed by atoms with E-state index < -0.39 is 46.6 Å². The lowest BCUT2D eigenvalue weighted by molar-refractivity contribution is -0.123. The van der Waals surface area contributed by atoms with E-state index in [1.807, 2.05) is 0 Å². The third kappa shape index (κ3) is 6.55. The number of rotatable bonds is 9. The summed E-state index contributed by atoms with van der Waals surface area (Å²) >= 11 is 0. The molecule has 0 bridgehead atoms. The third-order valence-corrected chi connectivity index (χ3v) is 6.23. The van der Waals surface area contributed by atoms with Crippen LogP contribution in [0, 0.1) is 11.6 Å². The van der Waals surface area contributed by atoms with Crippen LogP contribution in [-0.4, -0.2) is 52.6 Å². The second-order valence-corrected chi connectivity index (χ2v) is 8.94. The fourth-order valence-electron chi connectivity index (χ4n) is 3.15. The number of carbonyl (C=O) groups is 2. The molecule has 0 unspecified atom stereocenters. The molecule has 1 saturated heterocycles. The number of sulfonamides is 1. The lowest BCUT2D eigenvalue weighted by atomic mass is 10.2. The Kier molecular flexibility index (Phi) is 7.89. The fourth-order valence-corrected chi connectivity index (χ4v) is 4.12. The Labute approximate surface area is 184 Å². The highest BCUT2D eigenvalue weighted by Gasteiger charge is 2.23. The van der Waals surface area contributed by atoms with Gasteiger partial charge in [0.2, 0.25) is 21.8 Å². The van der Waals surface area contributed by atoms with Crippen molar-refractivity contribution in [1.29, 1.82) is 0 Å². The van der Waals surface area contributed by atoms with Crippen LogP contribution in [0.2, 0.25) is 0 Å². The van der Waals surface area contributed by atoms with Gasteiger partial charge in [0, 0.05) is 18.8 Å². The Morgan fingerprint density at radius 2 is 1.84 bits per heavy atom. The number of nitrogens with one attached hydrogen (secondary N) is 2. The minimum Gasteiger partial charge on any atom is -0.376 e. The Hall–Kier alpha value is -2.89. The van der Waals surface area contributed by atoms with Crippen molar-refractivity contribution in [3.63, 3.8) is 0 Å². The molecule has 0 radical (unpaired) electrons.